The number of fused-ring (bicyclic) bond motifs is 2. The Morgan fingerprint density at radius 3 is 2.44 bits per heavy atom. The quantitative estimate of drug-likeness (QED) is 0.655. The first-order valence-electron chi connectivity index (χ1n) is 7.93. The van der Waals surface area contributed by atoms with Gasteiger partial charge in [0.1, 0.15) is 10.7 Å². The number of aryl methyl sites for hydroxylation is 1. The number of ketones is 1. The Hall–Kier alpha value is -1.30. The Kier molecular flexibility index (Phi) is 4.14. The Labute approximate surface area is 147 Å². The third kappa shape index (κ3) is 2.92. The van der Waals surface area contributed by atoms with Crippen LogP contribution in [0.4, 0.5) is 0 Å². The highest BCUT2D eigenvalue weighted by molar-refractivity contribution is 7.92. The minimum atomic E-state index is -4.07. The van der Waals surface area contributed by atoms with Crippen molar-refractivity contribution in [1.29, 1.82) is 0 Å². The van der Waals surface area contributed by atoms with Gasteiger partial charge in [0.15, 0.2) is 0 Å². The molecular weight excluding hydrogens is 368 g/mol. The highest BCUT2D eigenvalue weighted by Gasteiger charge is 2.65. The monoisotopic (exact) mass is 390 g/mol. The number of carbonyl (C=O) groups excluding carboxylic acids is 1. The van der Waals surface area contributed by atoms with Gasteiger partial charge in [-0.1, -0.05) is 13.8 Å². The highest BCUT2D eigenvalue weighted by Crippen LogP contribution is 2.64. The van der Waals surface area contributed by atoms with Gasteiger partial charge in [-0.3, -0.25) is 9.48 Å². The molecule has 0 aliphatic heterocycles. The minimum Gasteiger partial charge on any atom is -0.299 e. The summed E-state index contributed by atoms with van der Waals surface area (Å²) in [6.07, 6.45) is 4.08. The molecule has 0 spiro atoms. The van der Waals surface area contributed by atoms with Crippen LogP contribution in [0.3, 0.4) is 0 Å². The molecule has 9 nitrogen and oxygen atoms in total. The topological polar surface area (TPSA) is 127 Å². The van der Waals surface area contributed by atoms with Crippen molar-refractivity contribution in [3.8, 4) is 0 Å². The van der Waals surface area contributed by atoms with Crippen LogP contribution in [-0.4, -0.2) is 38.2 Å². The van der Waals surface area contributed by atoms with Gasteiger partial charge < -0.3 is 0 Å². The summed E-state index contributed by atoms with van der Waals surface area (Å²) < 4.78 is 50.5. The van der Waals surface area contributed by atoms with E-state index in [1.54, 1.807) is 7.05 Å². The third-order valence-electron chi connectivity index (χ3n) is 5.90. The predicted molar refractivity (Wildman–Crippen MR) is 89.0 cm³/mol. The van der Waals surface area contributed by atoms with Crippen LogP contribution in [0.25, 0.3) is 0 Å². The maximum atomic E-state index is 12.5. The van der Waals surface area contributed by atoms with Gasteiger partial charge in [0.2, 0.25) is 10.0 Å². The minimum absolute atomic E-state index is 0.0470. The second kappa shape index (κ2) is 5.60. The number of rotatable bonds is 6. The number of carbonyl (C=O) groups is 1. The van der Waals surface area contributed by atoms with Crippen LogP contribution in [0.2, 0.25) is 0 Å². The molecule has 3 rings (SSSR count). The van der Waals surface area contributed by atoms with Gasteiger partial charge in [-0.15, -0.1) is 9.66 Å². The summed E-state index contributed by atoms with van der Waals surface area (Å²) in [7, 11) is -6.56. The van der Waals surface area contributed by atoms with E-state index in [9.17, 15) is 21.6 Å². The lowest BCUT2D eigenvalue weighted by Gasteiger charge is -2.36. The van der Waals surface area contributed by atoms with E-state index < -0.39 is 36.6 Å². The van der Waals surface area contributed by atoms with Crippen molar-refractivity contribution in [2.45, 2.75) is 38.0 Å². The summed E-state index contributed by atoms with van der Waals surface area (Å²) in [5.41, 5.74) is -1.37. The Bertz CT molecular complexity index is 919. The smallest absolute Gasteiger partial charge is 0.257 e. The van der Waals surface area contributed by atoms with Crippen molar-refractivity contribution >= 4 is 25.8 Å². The van der Waals surface area contributed by atoms with Crippen LogP contribution in [0.1, 0.15) is 33.1 Å². The molecule has 0 saturated heterocycles. The molecule has 0 radical (unpaired) electrons. The molecule has 140 valence electrons. The van der Waals surface area contributed by atoms with E-state index in [4.69, 9.17) is 0 Å². The number of hydrazine groups is 1. The molecule has 25 heavy (non-hydrogen) atoms. The van der Waals surface area contributed by atoms with Gasteiger partial charge in [-0.05, 0) is 24.2 Å². The lowest BCUT2D eigenvalue weighted by Crippen LogP contribution is -2.49. The van der Waals surface area contributed by atoms with Crippen LogP contribution >= 0.6 is 0 Å². The van der Waals surface area contributed by atoms with Crippen LogP contribution in [0.15, 0.2) is 17.3 Å². The molecule has 2 saturated carbocycles. The third-order valence-corrected chi connectivity index (χ3v) is 8.52. The summed E-state index contributed by atoms with van der Waals surface area (Å²) in [6, 6.07) is 0. The number of nitrogens with one attached hydrogen (secondary N) is 2. The number of sulfonamides is 2. The molecule has 1 heterocycles. The van der Waals surface area contributed by atoms with Gasteiger partial charge >= 0.3 is 0 Å². The fourth-order valence-corrected chi connectivity index (χ4v) is 7.12. The highest BCUT2D eigenvalue weighted by atomic mass is 32.2. The second-order valence-electron chi connectivity index (χ2n) is 7.48. The molecule has 2 aliphatic rings. The van der Waals surface area contributed by atoms with Crippen molar-refractivity contribution < 1.29 is 21.6 Å². The van der Waals surface area contributed by atoms with Gasteiger partial charge in [0.25, 0.3) is 10.0 Å². The van der Waals surface area contributed by atoms with Gasteiger partial charge in [0, 0.05) is 25.1 Å². The van der Waals surface area contributed by atoms with E-state index in [0.29, 0.717) is 12.8 Å². The average Bonchev–Trinajstić information content (AvgIpc) is 3.08. The van der Waals surface area contributed by atoms with E-state index in [-0.39, 0.29) is 16.6 Å². The molecule has 2 N–H and O–H groups in total. The number of hydrogen-bond acceptors (Lipinski definition) is 6. The van der Waals surface area contributed by atoms with E-state index >= 15 is 0 Å². The number of aromatic nitrogens is 2. The zero-order chi connectivity index (χ0) is 18.7. The molecule has 2 fully saturated rings. The zero-order valence-electron chi connectivity index (χ0n) is 14.3. The van der Waals surface area contributed by atoms with Crippen LogP contribution in [-0.2, 0) is 31.9 Å². The van der Waals surface area contributed by atoms with Crippen molar-refractivity contribution in [3.63, 3.8) is 0 Å². The first-order chi connectivity index (χ1) is 11.4. The maximum Gasteiger partial charge on any atom is 0.257 e. The first-order valence-corrected chi connectivity index (χ1v) is 11.1. The normalized spacial score (nSPS) is 28.6. The average molecular weight is 390 g/mol. The fraction of sp³-hybridized carbons (Fsp3) is 0.714. The SMILES string of the molecule is Cn1cc(S(=O)(=O)NNS(=O)(=O)C[C@]23CC[C@H](CC2=O)C3(C)C)cn1. The second-order valence-corrected chi connectivity index (χ2v) is 10.9. The maximum absolute atomic E-state index is 12.5. The number of nitrogens with zero attached hydrogens (tertiary/aromatic N) is 2. The fourth-order valence-electron chi connectivity index (χ4n) is 4.18. The Balaban J connectivity index is 1.76. The van der Waals surface area contributed by atoms with E-state index in [0.717, 1.165) is 12.6 Å². The van der Waals surface area contributed by atoms with E-state index in [1.165, 1.54) is 10.9 Å². The molecule has 2 atom stereocenters. The van der Waals surface area contributed by atoms with Gasteiger partial charge in [-0.25, -0.2) is 16.8 Å². The molecule has 2 aliphatic carbocycles. The largest absolute Gasteiger partial charge is 0.299 e. The molecule has 2 bridgehead atoms. The van der Waals surface area contributed by atoms with Crippen LogP contribution in [0.5, 0.6) is 0 Å². The van der Waals surface area contributed by atoms with E-state index in [2.05, 4.69) is 5.10 Å². The summed E-state index contributed by atoms with van der Waals surface area (Å²) >= 11 is 0. The molecule has 1 aromatic rings. The van der Waals surface area contributed by atoms with Gasteiger partial charge in [0.05, 0.1) is 11.9 Å². The molecule has 1 aromatic heterocycles. The predicted octanol–water partition coefficient (Wildman–Crippen LogP) is -0.0718. The van der Waals surface area contributed by atoms with Crippen LogP contribution in [0, 0.1) is 16.7 Å². The zero-order valence-corrected chi connectivity index (χ0v) is 15.9. The molecule has 11 heteroatoms. The summed E-state index contributed by atoms with van der Waals surface area (Å²) in [5, 5.41) is 3.74. The Morgan fingerprint density at radius 2 is 1.96 bits per heavy atom. The number of hydrogen-bond donors (Lipinski definition) is 2. The first kappa shape index (κ1) is 18.5. The van der Waals surface area contributed by atoms with E-state index in [1.807, 2.05) is 23.5 Å². The van der Waals surface area contributed by atoms with Crippen molar-refractivity contribution in [2.24, 2.45) is 23.8 Å². The van der Waals surface area contributed by atoms with Gasteiger partial charge in [-0.2, -0.15) is 5.10 Å². The van der Waals surface area contributed by atoms with Crippen molar-refractivity contribution in [2.75, 3.05) is 5.75 Å². The summed E-state index contributed by atoms with van der Waals surface area (Å²) in [6.45, 7) is 3.84. The summed E-state index contributed by atoms with van der Waals surface area (Å²) in [5.74, 6) is -0.283. The standard InChI is InChI=1S/C14H22N4O5S2/c1-13(2)10-4-5-14(13,12(19)6-10)9-24(20,21)16-17-25(22,23)11-7-15-18(3)8-11/h7-8,10,16-17H,4-6,9H2,1-3H3/t10-,14-/m1/s1. The lowest BCUT2D eigenvalue weighted by molar-refractivity contribution is -0.128. The number of Topliss-reactive ketones (excluding diaryl/α,β-unsaturated/α-hetero) is 1. The molecule has 0 unspecified atom stereocenters. The molecule has 0 amide bonds. The molecule has 0 aromatic carbocycles. The van der Waals surface area contributed by atoms with Crippen LogP contribution < -0.4 is 9.66 Å². The van der Waals surface area contributed by atoms with Crippen molar-refractivity contribution in [3.05, 3.63) is 12.4 Å². The molecular formula is C14H22N4O5S2. The van der Waals surface area contributed by atoms with Crippen molar-refractivity contribution in [1.82, 2.24) is 19.4 Å². The Morgan fingerprint density at radius 1 is 1.28 bits per heavy atom. The lowest BCUT2D eigenvalue weighted by atomic mass is 9.70. The summed E-state index contributed by atoms with van der Waals surface area (Å²) in [4.78, 5) is 16.1.